The van der Waals surface area contributed by atoms with E-state index in [4.69, 9.17) is 4.74 Å². The summed E-state index contributed by atoms with van der Waals surface area (Å²) in [4.78, 5) is 12.5. The van der Waals surface area contributed by atoms with Crippen molar-refractivity contribution in [3.8, 4) is 5.75 Å². The van der Waals surface area contributed by atoms with Crippen LogP contribution in [-0.4, -0.2) is 12.5 Å². The summed E-state index contributed by atoms with van der Waals surface area (Å²) in [6, 6.07) is 13.3. The highest BCUT2D eigenvalue weighted by atomic mass is 79.9. The van der Waals surface area contributed by atoms with Gasteiger partial charge >= 0.3 is 0 Å². The van der Waals surface area contributed by atoms with Gasteiger partial charge in [-0.25, -0.2) is 0 Å². The summed E-state index contributed by atoms with van der Waals surface area (Å²) >= 11 is 3.39. The van der Waals surface area contributed by atoms with E-state index in [9.17, 15) is 4.79 Å². The summed E-state index contributed by atoms with van der Waals surface area (Å²) in [5.74, 6) is 0.878. The molecule has 0 aliphatic heterocycles. The van der Waals surface area contributed by atoms with Crippen molar-refractivity contribution in [1.82, 2.24) is 0 Å². The van der Waals surface area contributed by atoms with Crippen LogP contribution in [0.25, 0.3) is 0 Å². The Balaban J connectivity index is 2.19. The smallest absolute Gasteiger partial charge is 0.259 e. The van der Waals surface area contributed by atoms with Gasteiger partial charge in [0.15, 0.2) is 0 Å². The molecule has 0 fully saturated rings. The van der Waals surface area contributed by atoms with Gasteiger partial charge < -0.3 is 10.1 Å². The molecule has 0 aliphatic rings. The van der Waals surface area contributed by atoms with Crippen LogP contribution in [0.2, 0.25) is 0 Å². The van der Waals surface area contributed by atoms with Crippen molar-refractivity contribution >= 4 is 27.5 Å². The number of carbonyl (C=O) groups is 1. The Morgan fingerprint density at radius 1 is 1.18 bits per heavy atom. The van der Waals surface area contributed by atoms with Crippen molar-refractivity contribution in [2.45, 2.75) is 26.7 Å². The van der Waals surface area contributed by atoms with Gasteiger partial charge in [-0.15, -0.1) is 0 Å². The molecule has 0 radical (unpaired) electrons. The average molecular weight is 362 g/mol. The van der Waals surface area contributed by atoms with Crippen LogP contribution in [-0.2, 0) is 0 Å². The minimum absolute atomic E-state index is 0.179. The number of carbonyl (C=O) groups excluding carboxylic acids is 1. The maximum Gasteiger partial charge on any atom is 0.259 e. The molecule has 22 heavy (non-hydrogen) atoms. The Hall–Kier alpha value is -1.81. The molecule has 3 nitrogen and oxygen atoms in total. The quantitative estimate of drug-likeness (QED) is 0.792. The molecule has 0 saturated heterocycles. The third kappa shape index (κ3) is 4.10. The molecule has 2 aromatic rings. The highest BCUT2D eigenvalue weighted by Crippen LogP contribution is 2.25. The normalized spacial score (nSPS) is 10.6. The molecular weight excluding hydrogens is 342 g/mol. The van der Waals surface area contributed by atoms with E-state index in [1.54, 1.807) is 12.1 Å². The Morgan fingerprint density at radius 3 is 2.45 bits per heavy atom. The van der Waals surface area contributed by atoms with Crippen LogP contribution in [0.3, 0.4) is 0 Å². The Bertz CT molecular complexity index is 651. The first-order valence-corrected chi connectivity index (χ1v) is 8.14. The number of rotatable bonds is 5. The minimum Gasteiger partial charge on any atom is -0.493 e. The molecule has 116 valence electrons. The summed E-state index contributed by atoms with van der Waals surface area (Å²) in [6.07, 6.45) is 0. The van der Waals surface area contributed by atoms with Crippen LogP contribution in [0.15, 0.2) is 46.9 Å². The summed E-state index contributed by atoms with van der Waals surface area (Å²) in [6.45, 7) is 6.70. The van der Waals surface area contributed by atoms with Crippen LogP contribution < -0.4 is 10.1 Å². The third-order valence-corrected chi connectivity index (χ3v) is 3.81. The molecule has 0 bridgehead atoms. The van der Waals surface area contributed by atoms with Crippen LogP contribution in [0.4, 0.5) is 5.69 Å². The van der Waals surface area contributed by atoms with E-state index in [0.717, 1.165) is 10.2 Å². The van der Waals surface area contributed by atoms with Crippen molar-refractivity contribution < 1.29 is 9.53 Å². The van der Waals surface area contributed by atoms with E-state index in [-0.39, 0.29) is 5.91 Å². The number of nitrogens with one attached hydrogen (secondary N) is 1. The lowest BCUT2D eigenvalue weighted by Crippen LogP contribution is -2.13. The summed E-state index contributed by atoms with van der Waals surface area (Å²) < 4.78 is 6.36. The van der Waals surface area contributed by atoms with Gasteiger partial charge in [-0.1, -0.05) is 41.9 Å². The van der Waals surface area contributed by atoms with E-state index in [2.05, 4.69) is 35.1 Å². The van der Waals surface area contributed by atoms with E-state index in [1.807, 2.05) is 37.3 Å². The minimum atomic E-state index is -0.179. The molecule has 4 heteroatoms. The Labute approximate surface area is 139 Å². The number of halogens is 1. The first-order valence-electron chi connectivity index (χ1n) is 7.35. The molecule has 0 heterocycles. The average Bonchev–Trinajstić information content (AvgIpc) is 2.49. The van der Waals surface area contributed by atoms with Crippen molar-refractivity contribution in [2.24, 2.45) is 0 Å². The summed E-state index contributed by atoms with van der Waals surface area (Å²) in [7, 11) is 0. The van der Waals surface area contributed by atoms with Crippen molar-refractivity contribution in [3.05, 3.63) is 58.1 Å². The zero-order valence-corrected chi connectivity index (χ0v) is 14.6. The number of anilines is 1. The van der Waals surface area contributed by atoms with Crippen LogP contribution in [0.5, 0.6) is 5.75 Å². The molecule has 2 aromatic carbocycles. The fraction of sp³-hybridized carbons (Fsp3) is 0.278. The van der Waals surface area contributed by atoms with Gasteiger partial charge in [0.1, 0.15) is 5.75 Å². The van der Waals surface area contributed by atoms with Crippen molar-refractivity contribution in [3.63, 3.8) is 0 Å². The first-order chi connectivity index (χ1) is 10.5. The molecular formula is C18H20BrNO2. The van der Waals surface area contributed by atoms with Gasteiger partial charge in [-0.3, -0.25) is 4.79 Å². The number of benzene rings is 2. The second-order valence-corrected chi connectivity index (χ2v) is 6.22. The lowest BCUT2D eigenvalue weighted by molar-refractivity contribution is 0.102. The van der Waals surface area contributed by atoms with E-state index in [0.29, 0.717) is 23.8 Å². The Kier molecular flexibility index (Phi) is 5.61. The molecule has 0 aliphatic carbocycles. The van der Waals surface area contributed by atoms with E-state index >= 15 is 0 Å². The van der Waals surface area contributed by atoms with Crippen LogP contribution in [0.1, 0.15) is 42.6 Å². The predicted molar refractivity (Wildman–Crippen MR) is 93.8 cm³/mol. The fourth-order valence-electron chi connectivity index (χ4n) is 2.11. The maximum absolute atomic E-state index is 12.5. The standard InChI is InChI=1S/C18H20BrNO2/c1-4-22-17-10-7-14(19)11-16(17)18(21)20-15-8-5-13(6-9-15)12(2)3/h5-12H,4H2,1-3H3,(H,20,21). The zero-order valence-electron chi connectivity index (χ0n) is 13.0. The van der Waals surface area contributed by atoms with Crippen molar-refractivity contribution in [1.29, 1.82) is 0 Å². The second-order valence-electron chi connectivity index (χ2n) is 5.30. The topological polar surface area (TPSA) is 38.3 Å². The molecule has 0 saturated carbocycles. The molecule has 1 N–H and O–H groups in total. The molecule has 0 aromatic heterocycles. The van der Waals surface area contributed by atoms with Gasteiger partial charge in [0, 0.05) is 10.2 Å². The SMILES string of the molecule is CCOc1ccc(Br)cc1C(=O)Nc1ccc(C(C)C)cc1. The number of amides is 1. The lowest BCUT2D eigenvalue weighted by atomic mass is 10.0. The lowest BCUT2D eigenvalue weighted by Gasteiger charge is -2.12. The zero-order chi connectivity index (χ0) is 16.1. The Morgan fingerprint density at radius 2 is 1.86 bits per heavy atom. The van der Waals surface area contributed by atoms with Gasteiger partial charge in [-0.2, -0.15) is 0 Å². The largest absolute Gasteiger partial charge is 0.493 e. The summed E-state index contributed by atoms with van der Waals surface area (Å²) in [5, 5.41) is 2.91. The highest BCUT2D eigenvalue weighted by Gasteiger charge is 2.13. The second kappa shape index (κ2) is 7.45. The van der Waals surface area contributed by atoms with E-state index in [1.165, 1.54) is 5.56 Å². The molecule has 0 atom stereocenters. The monoisotopic (exact) mass is 361 g/mol. The highest BCUT2D eigenvalue weighted by molar-refractivity contribution is 9.10. The van der Waals surface area contributed by atoms with Gasteiger partial charge in [0.2, 0.25) is 0 Å². The van der Waals surface area contributed by atoms with E-state index < -0.39 is 0 Å². The molecule has 2 rings (SSSR count). The maximum atomic E-state index is 12.5. The van der Waals surface area contributed by atoms with Crippen LogP contribution in [0, 0.1) is 0 Å². The number of ether oxygens (including phenoxy) is 1. The fourth-order valence-corrected chi connectivity index (χ4v) is 2.47. The predicted octanol–water partition coefficient (Wildman–Crippen LogP) is 5.22. The first kappa shape index (κ1) is 16.6. The van der Waals surface area contributed by atoms with Gasteiger partial charge in [-0.05, 0) is 48.7 Å². The molecule has 1 amide bonds. The molecule has 0 unspecified atom stereocenters. The van der Waals surface area contributed by atoms with Gasteiger partial charge in [0.25, 0.3) is 5.91 Å². The molecule has 0 spiro atoms. The number of hydrogen-bond acceptors (Lipinski definition) is 2. The van der Waals surface area contributed by atoms with Gasteiger partial charge in [0.05, 0.1) is 12.2 Å². The van der Waals surface area contributed by atoms with Crippen molar-refractivity contribution in [2.75, 3.05) is 11.9 Å². The third-order valence-electron chi connectivity index (χ3n) is 3.32. The van der Waals surface area contributed by atoms with Crippen LogP contribution >= 0.6 is 15.9 Å². The number of hydrogen-bond donors (Lipinski definition) is 1. The summed E-state index contributed by atoms with van der Waals surface area (Å²) in [5.41, 5.74) is 2.54.